The summed E-state index contributed by atoms with van der Waals surface area (Å²) in [5.41, 5.74) is 0.761. The smallest absolute Gasteiger partial charge is 0.295 e. The average Bonchev–Trinajstić information content (AvgIpc) is 2.98. The minimum Gasteiger partial charge on any atom is -0.438 e. The van der Waals surface area contributed by atoms with Gasteiger partial charge in [0.15, 0.2) is 12.2 Å². The van der Waals surface area contributed by atoms with E-state index in [9.17, 15) is 0 Å². The molecule has 17 heavy (non-hydrogen) atoms. The SMILES string of the molecule is Cc1ncoc1-c1nc(C2CCCCN2)no1. The van der Waals surface area contributed by atoms with Crippen LogP contribution >= 0.6 is 0 Å². The highest BCUT2D eigenvalue weighted by atomic mass is 16.5. The Morgan fingerprint density at radius 3 is 3.06 bits per heavy atom. The fourth-order valence-corrected chi connectivity index (χ4v) is 2.05. The van der Waals surface area contributed by atoms with Gasteiger partial charge in [0.2, 0.25) is 5.76 Å². The summed E-state index contributed by atoms with van der Waals surface area (Å²) in [7, 11) is 0. The van der Waals surface area contributed by atoms with Crippen molar-refractivity contribution in [3.8, 4) is 11.7 Å². The Bertz CT molecular complexity index is 499. The van der Waals surface area contributed by atoms with Crippen molar-refractivity contribution < 1.29 is 8.94 Å². The molecule has 6 heteroatoms. The monoisotopic (exact) mass is 234 g/mol. The van der Waals surface area contributed by atoms with Crippen LogP contribution < -0.4 is 5.32 Å². The molecule has 3 rings (SSSR count). The van der Waals surface area contributed by atoms with Crippen molar-refractivity contribution in [2.45, 2.75) is 32.2 Å². The van der Waals surface area contributed by atoms with E-state index < -0.39 is 0 Å². The molecule has 2 aromatic heterocycles. The summed E-state index contributed by atoms with van der Waals surface area (Å²) >= 11 is 0. The van der Waals surface area contributed by atoms with Gasteiger partial charge in [-0.15, -0.1) is 0 Å². The number of aryl methyl sites for hydroxylation is 1. The van der Waals surface area contributed by atoms with Crippen LogP contribution in [0.5, 0.6) is 0 Å². The molecule has 1 aliphatic rings. The van der Waals surface area contributed by atoms with Crippen LogP contribution in [-0.4, -0.2) is 21.7 Å². The van der Waals surface area contributed by atoms with Crippen LogP contribution in [0, 0.1) is 6.92 Å². The van der Waals surface area contributed by atoms with E-state index in [1.54, 1.807) is 0 Å². The highest BCUT2D eigenvalue weighted by Crippen LogP contribution is 2.25. The van der Waals surface area contributed by atoms with Gasteiger partial charge in [0.05, 0.1) is 11.7 Å². The number of rotatable bonds is 2. The van der Waals surface area contributed by atoms with Crippen molar-refractivity contribution in [2.75, 3.05) is 6.54 Å². The molecule has 1 unspecified atom stereocenters. The molecule has 0 aliphatic carbocycles. The fraction of sp³-hybridized carbons (Fsp3) is 0.545. The maximum Gasteiger partial charge on any atom is 0.295 e. The maximum absolute atomic E-state index is 5.22. The van der Waals surface area contributed by atoms with E-state index in [2.05, 4.69) is 20.4 Å². The van der Waals surface area contributed by atoms with Gasteiger partial charge in [0.1, 0.15) is 0 Å². The molecular formula is C11H14N4O2. The van der Waals surface area contributed by atoms with Crippen LogP contribution in [0.3, 0.4) is 0 Å². The predicted molar refractivity (Wildman–Crippen MR) is 59.1 cm³/mol. The molecule has 1 N–H and O–H groups in total. The molecule has 90 valence electrons. The second-order valence-electron chi connectivity index (χ2n) is 4.23. The lowest BCUT2D eigenvalue weighted by Crippen LogP contribution is -2.27. The number of nitrogens with zero attached hydrogens (tertiary/aromatic N) is 3. The zero-order chi connectivity index (χ0) is 11.7. The van der Waals surface area contributed by atoms with Gasteiger partial charge in [-0.3, -0.25) is 0 Å². The van der Waals surface area contributed by atoms with Crippen molar-refractivity contribution in [2.24, 2.45) is 0 Å². The number of aromatic nitrogens is 3. The quantitative estimate of drug-likeness (QED) is 0.854. The van der Waals surface area contributed by atoms with Gasteiger partial charge in [-0.05, 0) is 26.3 Å². The van der Waals surface area contributed by atoms with Gasteiger partial charge >= 0.3 is 0 Å². The number of piperidine rings is 1. The van der Waals surface area contributed by atoms with Crippen LogP contribution in [-0.2, 0) is 0 Å². The first kappa shape index (κ1) is 10.5. The van der Waals surface area contributed by atoms with E-state index in [0.717, 1.165) is 18.7 Å². The van der Waals surface area contributed by atoms with Crippen molar-refractivity contribution in [3.63, 3.8) is 0 Å². The second kappa shape index (κ2) is 4.29. The molecule has 1 aliphatic heterocycles. The number of hydrogen-bond acceptors (Lipinski definition) is 6. The molecule has 1 saturated heterocycles. The molecule has 0 amide bonds. The first-order valence-corrected chi connectivity index (χ1v) is 5.82. The third-order valence-corrected chi connectivity index (χ3v) is 3.00. The van der Waals surface area contributed by atoms with Gasteiger partial charge in [-0.2, -0.15) is 4.98 Å². The second-order valence-corrected chi connectivity index (χ2v) is 4.23. The molecular weight excluding hydrogens is 220 g/mol. The van der Waals surface area contributed by atoms with Gasteiger partial charge < -0.3 is 14.3 Å². The third kappa shape index (κ3) is 1.95. The summed E-state index contributed by atoms with van der Waals surface area (Å²) in [5.74, 6) is 1.66. The van der Waals surface area contributed by atoms with Crippen molar-refractivity contribution >= 4 is 0 Å². The Balaban J connectivity index is 1.85. The van der Waals surface area contributed by atoms with Crippen LogP contribution in [0.1, 0.15) is 36.8 Å². The lowest BCUT2D eigenvalue weighted by molar-refractivity contribution is 0.364. The molecule has 1 atom stereocenters. The largest absolute Gasteiger partial charge is 0.438 e. The molecule has 0 aromatic carbocycles. The third-order valence-electron chi connectivity index (χ3n) is 3.00. The summed E-state index contributed by atoms with van der Waals surface area (Å²) in [6.07, 6.45) is 4.84. The number of nitrogens with one attached hydrogen (secondary N) is 1. The summed E-state index contributed by atoms with van der Waals surface area (Å²) in [6, 6.07) is 0.199. The van der Waals surface area contributed by atoms with Crippen molar-refractivity contribution in [1.82, 2.24) is 20.4 Å². The average molecular weight is 234 g/mol. The highest BCUT2D eigenvalue weighted by Gasteiger charge is 2.22. The summed E-state index contributed by atoms with van der Waals surface area (Å²) in [6.45, 7) is 2.86. The minimum atomic E-state index is 0.199. The first-order valence-electron chi connectivity index (χ1n) is 5.82. The molecule has 0 bridgehead atoms. The molecule has 1 fully saturated rings. The molecule has 3 heterocycles. The first-order chi connectivity index (χ1) is 8.34. The normalized spacial score (nSPS) is 20.6. The summed E-state index contributed by atoms with van der Waals surface area (Å²) in [5, 5.41) is 7.38. The molecule has 0 radical (unpaired) electrons. The molecule has 6 nitrogen and oxygen atoms in total. The lowest BCUT2D eigenvalue weighted by Gasteiger charge is -2.19. The van der Waals surface area contributed by atoms with E-state index in [4.69, 9.17) is 8.94 Å². The van der Waals surface area contributed by atoms with Gasteiger partial charge in [-0.25, -0.2) is 4.98 Å². The van der Waals surface area contributed by atoms with E-state index in [1.807, 2.05) is 6.92 Å². The Hall–Kier alpha value is -1.69. The lowest BCUT2D eigenvalue weighted by atomic mass is 10.0. The van der Waals surface area contributed by atoms with E-state index in [0.29, 0.717) is 17.5 Å². The van der Waals surface area contributed by atoms with Gasteiger partial charge in [0.25, 0.3) is 5.89 Å². The minimum absolute atomic E-state index is 0.199. The highest BCUT2D eigenvalue weighted by molar-refractivity contribution is 5.46. The van der Waals surface area contributed by atoms with E-state index in [1.165, 1.54) is 19.2 Å². The van der Waals surface area contributed by atoms with Crippen molar-refractivity contribution in [3.05, 3.63) is 17.9 Å². The van der Waals surface area contributed by atoms with E-state index >= 15 is 0 Å². The van der Waals surface area contributed by atoms with Crippen LogP contribution in [0.4, 0.5) is 0 Å². The maximum atomic E-state index is 5.22. The van der Waals surface area contributed by atoms with Gasteiger partial charge in [-0.1, -0.05) is 11.6 Å². The Morgan fingerprint density at radius 2 is 2.35 bits per heavy atom. The zero-order valence-electron chi connectivity index (χ0n) is 9.64. The van der Waals surface area contributed by atoms with Crippen molar-refractivity contribution in [1.29, 1.82) is 0 Å². The zero-order valence-corrected chi connectivity index (χ0v) is 9.64. The Morgan fingerprint density at radius 1 is 1.41 bits per heavy atom. The van der Waals surface area contributed by atoms with Gasteiger partial charge in [0, 0.05) is 0 Å². The molecule has 2 aromatic rings. The predicted octanol–water partition coefficient (Wildman–Crippen LogP) is 1.85. The van der Waals surface area contributed by atoms with E-state index in [-0.39, 0.29) is 6.04 Å². The number of hydrogen-bond donors (Lipinski definition) is 1. The van der Waals surface area contributed by atoms with Crippen LogP contribution in [0.25, 0.3) is 11.7 Å². The Kier molecular flexibility index (Phi) is 2.64. The standard InChI is InChI=1S/C11H14N4O2/c1-7-9(16-6-13-7)11-14-10(15-17-11)8-4-2-3-5-12-8/h6,8,12H,2-5H2,1H3. The summed E-state index contributed by atoms with van der Waals surface area (Å²) in [4.78, 5) is 8.37. The topological polar surface area (TPSA) is 77.0 Å². The van der Waals surface area contributed by atoms with Crippen LogP contribution in [0.2, 0.25) is 0 Å². The van der Waals surface area contributed by atoms with Crippen LogP contribution in [0.15, 0.2) is 15.3 Å². The molecule has 0 saturated carbocycles. The Labute approximate surface area is 98.4 Å². The fourth-order valence-electron chi connectivity index (χ4n) is 2.05. The summed E-state index contributed by atoms with van der Waals surface area (Å²) < 4.78 is 10.4. The number of oxazole rings is 1. The molecule has 0 spiro atoms.